The van der Waals surface area contributed by atoms with E-state index in [-0.39, 0.29) is 0 Å². The molecule has 0 N–H and O–H groups in total. The number of fused-ring (bicyclic) bond motifs is 17. The molecule has 19 rings (SSSR count). The van der Waals surface area contributed by atoms with Crippen molar-refractivity contribution in [3.8, 4) is 66.8 Å². The van der Waals surface area contributed by atoms with E-state index in [1.165, 1.54) is 163 Å². The summed E-state index contributed by atoms with van der Waals surface area (Å²) in [6.45, 7) is 3.15. The first-order valence-electron chi connectivity index (χ1n) is 32.5. The summed E-state index contributed by atoms with van der Waals surface area (Å²) in [6.07, 6.45) is 0. The lowest BCUT2D eigenvalue weighted by atomic mass is 9.64. The van der Waals surface area contributed by atoms with Gasteiger partial charge in [0.25, 0.3) is 0 Å². The van der Waals surface area contributed by atoms with Crippen LogP contribution in [-0.4, -0.2) is 22.7 Å². The van der Waals surface area contributed by atoms with Crippen LogP contribution in [0.2, 0.25) is 0 Å². The fourth-order valence-corrected chi connectivity index (χ4v) is 28.5. The highest BCUT2D eigenvalue weighted by molar-refractivity contribution is 7.23. The zero-order valence-corrected chi connectivity index (χ0v) is 53.0. The number of nitrogens with zero attached hydrogens (tertiary/aromatic N) is 1. The molecule has 0 saturated carbocycles. The number of para-hydroxylation sites is 2. The molecule has 15 aromatic carbocycles. The molecule has 0 atom stereocenters. The van der Waals surface area contributed by atoms with E-state index in [4.69, 9.17) is 0 Å². The van der Waals surface area contributed by atoms with Crippen LogP contribution in [0.3, 0.4) is 0 Å². The predicted octanol–water partition coefficient (Wildman–Crippen LogP) is 16.5. The largest absolute Gasteiger partial charge is 0.341 e. The molecular formula is C89H61NSi2. The van der Waals surface area contributed by atoms with Crippen LogP contribution in [-0.2, 0) is 5.41 Å². The first-order chi connectivity index (χ1) is 45.7. The van der Waals surface area contributed by atoms with Crippen LogP contribution in [0.15, 0.2) is 340 Å². The van der Waals surface area contributed by atoms with Gasteiger partial charge in [0, 0.05) is 17.9 Å². The molecule has 0 fully saturated rings. The Labute approximate surface area is 539 Å². The number of hydrogen-bond donors (Lipinski definition) is 0. The van der Waals surface area contributed by atoms with E-state index < -0.39 is 21.6 Å². The highest BCUT2D eigenvalue weighted by atomic mass is 28.3. The number of hydrogen-bond acceptors (Lipinski definition) is 1. The Morgan fingerprint density at radius 2 is 0.576 bits per heavy atom. The van der Waals surface area contributed by atoms with Crippen LogP contribution in [0, 0.1) is 0 Å². The van der Waals surface area contributed by atoms with E-state index >= 15 is 0 Å². The fourth-order valence-electron chi connectivity index (χ4n) is 18.1. The van der Waals surface area contributed by atoms with Crippen LogP contribution in [0.5, 0.6) is 0 Å². The van der Waals surface area contributed by atoms with Gasteiger partial charge < -0.3 is 4.90 Å². The average Bonchev–Trinajstić information content (AvgIpc) is 1.55. The molecule has 0 aromatic heterocycles. The van der Waals surface area contributed by atoms with Crippen LogP contribution < -0.4 is 46.4 Å². The summed E-state index contributed by atoms with van der Waals surface area (Å²) in [5, 5.41) is 16.3. The van der Waals surface area contributed by atoms with E-state index in [9.17, 15) is 0 Å². The van der Waals surface area contributed by atoms with Gasteiger partial charge in [0.1, 0.15) is 0 Å². The van der Waals surface area contributed by atoms with Crippen molar-refractivity contribution in [2.75, 3.05) is 11.4 Å². The van der Waals surface area contributed by atoms with Crippen molar-refractivity contribution in [2.24, 2.45) is 0 Å². The summed E-state index contributed by atoms with van der Waals surface area (Å²) < 4.78 is 0. The first kappa shape index (κ1) is 52.9. The lowest BCUT2D eigenvalue weighted by molar-refractivity contribution is 0.739. The molecule has 3 heteroatoms. The van der Waals surface area contributed by atoms with E-state index in [0.717, 1.165) is 6.54 Å². The maximum absolute atomic E-state index is 2.84. The quantitative estimate of drug-likeness (QED) is 0.108. The van der Waals surface area contributed by atoms with Crippen LogP contribution >= 0.6 is 0 Å². The number of rotatable bonds is 8. The third kappa shape index (κ3) is 6.91. The molecule has 1 nitrogen and oxygen atoms in total. The number of benzene rings is 15. The highest BCUT2D eigenvalue weighted by Gasteiger charge is 2.54. The summed E-state index contributed by atoms with van der Waals surface area (Å²) in [5.74, 6) is 0. The molecule has 0 saturated heterocycles. The molecule has 1 aliphatic carbocycles. The minimum atomic E-state index is -2.84. The second-order valence-electron chi connectivity index (χ2n) is 25.4. The van der Waals surface area contributed by atoms with E-state index in [1.54, 1.807) is 0 Å². The highest BCUT2D eigenvalue weighted by Crippen LogP contribution is 2.64. The van der Waals surface area contributed by atoms with Crippen molar-refractivity contribution in [3.05, 3.63) is 362 Å². The van der Waals surface area contributed by atoms with E-state index in [0.29, 0.717) is 0 Å². The summed E-state index contributed by atoms with van der Waals surface area (Å²) in [6, 6.07) is 131. The fraction of sp³-hybridized carbons (Fsp3) is 0.0337. The van der Waals surface area contributed by atoms with Gasteiger partial charge in [-0.25, -0.2) is 0 Å². The number of anilines is 2. The minimum absolute atomic E-state index is 0.574. The smallest absolute Gasteiger partial charge is 0.180 e. The minimum Gasteiger partial charge on any atom is -0.341 e. The van der Waals surface area contributed by atoms with Gasteiger partial charge in [0.05, 0.1) is 5.41 Å². The van der Waals surface area contributed by atoms with Gasteiger partial charge in [-0.1, -0.05) is 322 Å². The van der Waals surface area contributed by atoms with Crippen LogP contribution in [0.1, 0.15) is 29.2 Å². The molecular weight excluding hydrogens is 1140 g/mol. The third-order valence-corrected chi connectivity index (χ3v) is 31.2. The average molecular weight is 1200 g/mol. The van der Waals surface area contributed by atoms with Crippen molar-refractivity contribution in [3.63, 3.8) is 0 Å². The Kier molecular flexibility index (Phi) is 11.7. The zero-order valence-electron chi connectivity index (χ0n) is 51.0. The first-order valence-corrected chi connectivity index (χ1v) is 36.5. The van der Waals surface area contributed by atoms with Gasteiger partial charge >= 0.3 is 0 Å². The molecule has 0 bridgehead atoms. The third-order valence-electron chi connectivity index (χ3n) is 21.4. The summed E-state index contributed by atoms with van der Waals surface area (Å²) in [7, 11) is -5.68. The van der Waals surface area contributed by atoms with Gasteiger partial charge in [-0.05, 0) is 177 Å². The summed E-state index contributed by atoms with van der Waals surface area (Å²) in [4.78, 5) is 2.53. The molecule has 4 aliphatic rings. The lowest BCUT2D eigenvalue weighted by Crippen LogP contribution is -2.72. The summed E-state index contributed by atoms with van der Waals surface area (Å²) in [5.41, 5.74) is 22.7. The van der Waals surface area contributed by atoms with E-state index in [2.05, 4.69) is 352 Å². The Bertz CT molecular complexity index is 5150. The topological polar surface area (TPSA) is 3.24 Å². The van der Waals surface area contributed by atoms with Crippen LogP contribution in [0.25, 0.3) is 88.3 Å². The molecule has 0 amide bonds. The molecule has 92 heavy (non-hydrogen) atoms. The monoisotopic (exact) mass is 1200 g/mol. The molecule has 0 radical (unpaired) electrons. The predicted molar refractivity (Wildman–Crippen MR) is 393 cm³/mol. The van der Waals surface area contributed by atoms with Crippen molar-refractivity contribution >= 4 is 90.6 Å². The van der Waals surface area contributed by atoms with Crippen molar-refractivity contribution < 1.29 is 0 Å². The van der Waals surface area contributed by atoms with Gasteiger partial charge in [0.2, 0.25) is 0 Å². The van der Waals surface area contributed by atoms with Crippen LogP contribution in [0.4, 0.5) is 11.4 Å². The van der Waals surface area contributed by atoms with Crippen molar-refractivity contribution in [1.82, 2.24) is 0 Å². The Morgan fingerprint density at radius 3 is 1.04 bits per heavy atom. The Morgan fingerprint density at radius 1 is 0.239 bits per heavy atom. The maximum atomic E-state index is 2.60. The SMILES string of the molecule is CCN1c2ccccc2C2(c3ccccc3-c3c(-c4c5cccc(-c6cccc7c6-c6ccccc6[Si]7(c6ccccc6)c6ccccc6)c5cc5c(-c6cccc7c6-c6ccccc6[Si]7(c6ccccc6)c6ccccc6)cccc45)cccc32)c2ccccc21. The van der Waals surface area contributed by atoms with Crippen molar-refractivity contribution in [1.29, 1.82) is 0 Å². The van der Waals surface area contributed by atoms with Gasteiger partial charge in [0.15, 0.2) is 16.1 Å². The lowest BCUT2D eigenvalue weighted by Gasteiger charge is -2.44. The Hall–Kier alpha value is -10.9. The maximum Gasteiger partial charge on any atom is 0.180 e. The Balaban J connectivity index is 0.947. The molecule has 1 spiro atoms. The normalized spacial score (nSPS) is 14.4. The molecule has 0 unspecified atom stereocenters. The van der Waals surface area contributed by atoms with Gasteiger partial charge in [-0.3, -0.25) is 0 Å². The van der Waals surface area contributed by atoms with Gasteiger partial charge in [-0.15, -0.1) is 0 Å². The van der Waals surface area contributed by atoms with Crippen molar-refractivity contribution in [2.45, 2.75) is 12.3 Å². The molecule has 3 aliphatic heterocycles. The van der Waals surface area contributed by atoms with Gasteiger partial charge in [-0.2, -0.15) is 0 Å². The summed E-state index contributed by atoms with van der Waals surface area (Å²) >= 11 is 0. The molecule has 430 valence electrons. The molecule has 3 heterocycles. The second kappa shape index (κ2) is 20.3. The molecule has 15 aromatic rings. The van der Waals surface area contributed by atoms with E-state index in [1.807, 2.05) is 0 Å². The zero-order chi connectivity index (χ0) is 60.7. The second-order valence-corrected chi connectivity index (χ2v) is 32.8. The standard InChI is InChI=1S/C89H61NSi2/c1-2-90-79-52-21-19-49-76(79)89(77-50-20-22-53-80(77)90)75-48-18-15-38-69(75)86-72(47-27-51-78(86)89)85-67-43-25-41-63(65-45-28-56-83-87(65)70-39-16-23-54-81(70)91(83,59-30-7-3-8-31-59)60-32-9-4-10-33-60)73(67)58-74-64(42-26-44-68(74)85)66-46-29-57-84-88(66)71-40-17-24-55-82(71)92(84,61-34-11-5-12-35-61)62-36-13-6-14-37-62/h3-58H,2H2,1H3.